The van der Waals surface area contributed by atoms with Gasteiger partial charge in [-0.15, -0.1) is 0 Å². The topological polar surface area (TPSA) is 70.0 Å². The Morgan fingerprint density at radius 3 is 2.27 bits per heavy atom. The van der Waals surface area contributed by atoms with Gasteiger partial charge in [0.05, 0.1) is 11.6 Å². The molecule has 1 amide bonds. The van der Waals surface area contributed by atoms with Crippen LogP contribution in [0.1, 0.15) is 57.6 Å². The summed E-state index contributed by atoms with van der Waals surface area (Å²) in [7, 11) is 0. The fraction of sp³-hybridized carbons (Fsp3) is 0.500. The van der Waals surface area contributed by atoms with Gasteiger partial charge < -0.3 is 5.32 Å². The van der Waals surface area contributed by atoms with E-state index in [4.69, 9.17) is 5.26 Å². The van der Waals surface area contributed by atoms with Crippen molar-refractivity contribution in [3.8, 4) is 6.07 Å². The van der Waals surface area contributed by atoms with E-state index >= 15 is 0 Å². The number of carbonyl (C=O) groups is 2. The predicted octanol–water partition coefficient (Wildman–Crippen LogP) is 3.17. The molecule has 1 unspecified atom stereocenters. The Labute approximate surface area is 132 Å². The molecule has 0 bridgehead atoms. The summed E-state index contributed by atoms with van der Waals surface area (Å²) in [5.74, 6) is 0.206. The maximum absolute atomic E-state index is 12.1. The van der Waals surface area contributed by atoms with Crippen molar-refractivity contribution in [2.24, 2.45) is 5.41 Å². The molecule has 4 nitrogen and oxygen atoms in total. The average Bonchev–Trinajstić information content (AvgIpc) is 2.46. The van der Waals surface area contributed by atoms with Gasteiger partial charge in [-0.3, -0.25) is 9.59 Å². The number of nitrogens with one attached hydrogen (secondary N) is 1. The molecule has 0 saturated carbocycles. The Hall–Kier alpha value is -2.15. The molecule has 0 aliphatic rings. The standard InChI is InChI=1S/C18H24N2O2/c1-13(21)20-12-16(9-10-17(22)18(2,3)4)15-7-5-14(11-19)6-8-15/h5-8,16H,9-10,12H2,1-4H3,(H,20,21). The van der Waals surface area contributed by atoms with Crippen LogP contribution in [0.15, 0.2) is 24.3 Å². The molecule has 1 atom stereocenters. The largest absolute Gasteiger partial charge is 0.356 e. The summed E-state index contributed by atoms with van der Waals surface area (Å²) in [6.07, 6.45) is 1.16. The monoisotopic (exact) mass is 300 g/mol. The molecule has 1 rings (SSSR count). The molecule has 0 aliphatic carbocycles. The molecule has 0 radical (unpaired) electrons. The lowest BCUT2D eigenvalue weighted by atomic mass is 9.84. The third kappa shape index (κ3) is 5.69. The number of benzene rings is 1. The van der Waals surface area contributed by atoms with E-state index in [1.165, 1.54) is 6.92 Å². The van der Waals surface area contributed by atoms with Crippen LogP contribution < -0.4 is 5.32 Å². The third-order valence-electron chi connectivity index (χ3n) is 3.66. The zero-order chi connectivity index (χ0) is 16.8. The van der Waals surface area contributed by atoms with Crippen molar-refractivity contribution in [2.45, 2.75) is 46.5 Å². The Morgan fingerprint density at radius 1 is 1.23 bits per heavy atom. The van der Waals surface area contributed by atoms with Gasteiger partial charge in [0.15, 0.2) is 0 Å². The maximum Gasteiger partial charge on any atom is 0.216 e. The summed E-state index contributed by atoms with van der Waals surface area (Å²) in [6.45, 7) is 7.73. The fourth-order valence-electron chi connectivity index (χ4n) is 2.16. The smallest absolute Gasteiger partial charge is 0.216 e. The number of nitrogens with zero attached hydrogens (tertiary/aromatic N) is 1. The normalized spacial score (nSPS) is 12.3. The lowest BCUT2D eigenvalue weighted by Gasteiger charge is -2.21. The second-order valence-electron chi connectivity index (χ2n) is 6.58. The van der Waals surface area contributed by atoms with Crippen molar-refractivity contribution in [2.75, 3.05) is 6.54 Å². The molecule has 0 aliphatic heterocycles. The first-order chi connectivity index (χ1) is 10.2. The van der Waals surface area contributed by atoms with Crippen LogP contribution in [0.2, 0.25) is 0 Å². The van der Waals surface area contributed by atoms with Crippen LogP contribution >= 0.6 is 0 Å². The van der Waals surface area contributed by atoms with E-state index < -0.39 is 0 Å². The molecule has 0 heterocycles. The first kappa shape index (κ1) is 17.9. The van der Waals surface area contributed by atoms with Gasteiger partial charge in [0.2, 0.25) is 5.91 Å². The van der Waals surface area contributed by atoms with Gasteiger partial charge in [0.1, 0.15) is 5.78 Å². The number of carbonyl (C=O) groups excluding carboxylic acids is 2. The minimum Gasteiger partial charge on any atom is -0.356 e. The van der Waals surface area contributed by atoms with Gasteiger partial charge in [-0.2, -0.15) is 5.26 Å². The van der Waals surface area contributed by atoms with Crippen LogP contribution in [-0.2, 0) is 9.59 Å². The van der Waals surface area contributed by atoms with Crippen LogP contribution in [0.25, 0.3) is 0 Å². The molecule has 118 valence electrons. The van der Waals surface area contributed by atoms with Crippen molar-refractivity contribution in [1.82, 2.24) is 5.32 Å². The van der Waals surface area contributed by atoms with Crippen molar-refractivity contribution in [3.63, 3.8) is 0 Å². The number of hydrogen-bond acceptors (Lipinski definition) is 3. The lowest BCUT2D eigenvalue weighted by Crippen LogP contribution is -2.27. The van der Waals surface area contributed by atoms with E-state index in [0.29, 0.717) is 24.9 Å². The van der Waals surface area contributed by atoms with Gasteiger partial charge in [-0.25, -0.2) is 0 Å². The summed E-state index contributed by atoms with van der Waals surface area (Å²) in [4.78, 5) is 23.3. The first-order valence-electron chi connectivity index (χ1n) is 7.52. The van der Waals surface area contributed by atoms with Gasteiger partial charge >= 0.3 is 0 Å². The number of nitriles is 1. The molecule has 0 aromatic heterocycles. The molecule has 1 N–H and O–H groups in total. The minimum atomic E-state index is -0.344. The third-order valence-corrected chi connectivity index (χ3v) is 3.66. The first-order valence-corrected chi connectivity index (χ1v) is 7.52. The van der Waals surface area contributed by atoms with Crippen molar-refractivity contribution in [3.05, 3.63) is 35.4 Å². The van der Waals surface area contributed by atoms with Crippen molar-refractivity contribution < 1.29 is 9.59 Å². The average molecular weight is 300 g/mol. The quantitative estimate of drug-likeness (QED) is 0.877. The molecular weight excluding hydrogens is 276 g/mol. The highest BCUT2D eigenvalue weighted by molar-refractivity contribution is 5.83. The molecule has 0 fully saturated rings. The summed E-state index contributed by atoms with van der Waals surface area (Å²) in [5, 5.41) is 11.7. The second kappa shape index (κ2) is 7.74. The zero-order valence-electron chi connectivity index (χ0n) is 13.8. The molecular formula is C18H24N2O2. The van der Waals surface area contributed by atoms with Crippen molar-refractivity contribution in [1.29, 1.82) is 5.26 Å². The number of amides is 1. The Kier molecular flexibility index (Phi) is 6.30. The predicted molar refractivity (Wildman–Crippen MR) is 86.3 cm³/mol. The molecule has 22 heavy (non-hydrogen) atoms. The van der Waals surface area contributed by atoms with Crippen LogP contribution in [0.5, 0.6) is 0 Å². The summed E-state index contributed by atoms with van der Waals surface area (Å²) < 4.78 is 0. The van der Waals surface area contributed by atoms with E-state index in [1.807, 2.05) is 32.9 Å². The highest BCUT2D eigenvalue weighted by atomic mass is 16.1. The fourth-order valence-corrected chi connectivity index (χ4v) is 2.16. The van der Waals surface area contributed by atoms with Gasteiger partial charge in [-0.05, 0) is 24.1 Å². The van der Waals surface area contributed by atoms with E-state index in [9.17, 15) is 9.59 Å². The van der Waals surface area contributed by atoms with E-state index in [-0.39, 0.29) is 23.0 Å². The van der Waals surface area contributed by atoms with Gasteiger partial charge in [0.25, 0.3) is 0 Å². The minimum absolute atomic E-state index is 0.0722. The molecule has 1 aromatic rings. The van der Waals surface area contributed by atoms with Gasteiger partial charge in [0, 0.05) is 31.2 Å². The highest BCUT2D eigenvalue weighted by Crippen LogP contribution is 2.25. The van der Waals surface area contributed by atoms with E-state index in [1.54, 1.807) is 12.1 Å². The highest BCUT2D eigenvalue weighted by Gasteiger charge is 2.22. The van der Waals surface area contributed by atoms with Crippen molar-refractivity contribution >= 4 is 11.7 Å². The summed E-state index contributed by atoms with van der Waals surface area (Å²) >= 11 is 0. The molecule has 0 saturated heterocycles. The molecule has 0 spiro atoms. The number of ketones is 1. The second-order valence-corrected chi connectivity index (χ2v) is 6.58. The lowest BCUT2D eigenvalue weighted by molar-refractivity contribution is -0.126. The number of rotatable bonds is 6. The molecule has 1 aromatic carbocycles. The Bertz CT molecular complexity index is 562. The van der Waals surface area contributed by atoms with Gasteiger partial charge in [-0.1, -0.05) is 32.9 Å². The Morgan fingerprint density at radius 2 is 1.82 bits per heavy atom. The van der Waals surface area contributed by atoms with E-state index in [0.717, 1.165) is 5.56 Å². The summed E-state index contributed by atoms with van der Waals surface area (Å²) in [6, 6.07) is 9.41. The van der Waals surface area contributed by atoms with Crippen LogP contribution in [0.4, 0.5) is 0 Å². The van der Waals surface area contributed by atoms with E-state index in [2.05, 4.69) is 11.4 Å². The maximum atomic E-state index is 12.1. The van der Waals surface area contributed by atoms with Crippen LogP contribution in [0, 0.1) is 16.7 Å². The zero-order valence-corrected chi connectivity index (χ0v) is 13.8. The van der Waals surface area contributed by atoms with Crippen LogP contribution in [-0.4, -0.2) is 18.2 Å². The number of Topliss-reactive ketones (excluding diaryl/α,β-unsaturated/α-hetero) is 1. The molecule has 4 heteroatoms. The SMILES string of the molecule is CC(=O)NCC(CCC(=O)C(C)(C)C)c1ccc(C#N)cc1. The number of hydrogen-bond donors (Lipinski definition) is 1. The summed E-state index contributed by atoms with van der Waals surface area (Å²) in [5.41, 5.74) is 1.30. The van der Waals surface area contributed by atoms with Crippen LogP contribution in [0.3, 0.4) is 0 Å². The Balaban J connectivity index is 2.81.